The fourth-order valence-electron chi connectivity index (χ4n) is 8.81. The molecule has 0 unspecified atom stereocenters. The molecule has 0 saturated carbocycles. The topological polar surface area (TPSA) is 357 Å². The van der Waals surface area contributed by atoms with Crippen LogP contribution >= 0.6 is 11.6 Å². The van der Waals surface area contributed by atoms with E-state index in [1.165, 1.54) is 27.9 Å². The number of aromatic nitrogens is 9. The summed E-state index contributed by atoms with van der Waals surface area (Å²) in [6.07, 6.45) is 21.2. The lowest BCUT2D eigenvalue weighted by molar-refractivity contribution is -0.146. The number of benzene rings is 2. The molecule has 0 atom stereocenters. The summed E-state index contributed by atoms with van der Waals surface area (Å²) in [4.78, 5) is 116. The van der Waals surface area contributed by atoms with E-state index < -0.39 is 35.7 Å². The number of esters is 5. The van der Waals surface area contributed by atoms with E-state index in [0.29, 0.717) is 67.7 Å². The van der Waals surface area contributed by atoms with Gasteiger partial charge >= 0.3 is 29.8 Å². The van der Waals surface area contributed by atoms with E-state index in [1.807, 2.05) is 43.5 Å². The molecule has 13 rings (SSSR count). The minimum Gasteiger partial charge on any atom is -0.462 e. The Hall–Kier alpha value is -12.6. The van der Waals surface area contributed by atoms with Gasteiger partial charge < -0.3 is 40.1 Å². The molecule has 9 aromatic heterocycles. The van der Waals surface area contributed by atoms with Crippen LogP contribution in [0, 0.1) is 6.92 Å². The normalized spacial score (nSPS) is 11.3. The molecular formula is C68H73ClN14O15. The van der Waals surface area contributed by atoms with Crippen molar-refractivity contribution in [3.8, 4) is 0 Å². The highest BCUT2D eigenvalue weighted by atomic mass is 35.5. The van der Waals surface area contributed by atoms with Crippen molar-refractivity contribution in [3.63, 3.8) is 0 Å². The summed E-state index contributed by atoms with van der Waals surface area (Å²) in [5, 5.41) is 13.1. The van der Waals surface area contributed by atoms with Crippen LogP contribution in [0.4, 0.5) is 0 Å². The van der Waals surface area contributed by atoms with Crippen LogP contribution in [0.1, 0.15) is 122 Å². The number of rotatable bonds is 13. The first-order valence-electron chi connectivity index (χ1n) is 29.7. The van der Waals surface area contributed by atoms with Crippen molar-refractivity contribution in [2.75, 3.05) is 49.3 Å². The fraction of sp³-hybridized carbons (Fsp3) is 0.176. The number of nitrogen functional groups attached to an aromatic ring is 1. The number of fused-ring (bicyclic) bond motifs is 5. The lowest BCUT2D eigenvalue weighted by Crippen LogP contribution is -2.38. The van der Waals surface area contributed by atoms with E-state index in [1.54, 1.807) is 200 Å². The van der Waals surface area contributed by atoms with Gasteiger partial charge in [0.05, 0.1) is 89.3 Å². The lowest BCUT2D eigenvalue weighted by Gasteiger charge is -2.14. The summed E-state index contributed by atoms with van der Waals surface area (Å²) in [5.41, 5.74) is 7.75. The minimum atomic E-state index is -0.712. The van der Waals surface area contributed by atoms with Crippen molar-refractivity contribution in [1.82, 2.24) is 47.9 Å². The second kappa shape index (κ2) is 36.1. The Balaban J connectivity index is 0.000000210. The first-order chi connectivity index (χ1) is 46.8. The van der Waals surface area contributed by atoms with Gasteiger partial charge in [0, 0.05) is 69.6 Å². The molecule has 4 amide bonds. The molecule has 0 radical (unpaired) electrons. The molecule has 2 aliphatic heterocycles. The Labute approximate surface area is 566 Å². The van der Waals surface area contributed by atoms with Crippen LogP contribution in [0.5, 0.6) is 0 Å². The number of aryl methyl sites for hydroxylation is 1. The number of ether oxygens (including phenoxy) is 5. The maximum atomic E-state index is 12.0. The van der Waals surface area contributed by atoms with Crippen LogP contribution in [0.15, 0.2) is 212 Å². The number of imide groups is 2. The second-order valence-electron chi connectivity index (χ2n) is 19.6. The quantitative estimate of drug-likeness (QED) is 0.0123. The number of hydrazine groups is 1. The highest BCUT2D eigenvalue weighted by Gasteiger charge is 2.36. The molecule has 11 aromatic rings. The summed E-state index contributed by atoms with van der Waals surface area (Å²) in [5.74, 6) is 6.19. The van der Waals surface area contributed by atoms with Crippen molar-refractivity contribution in [1.29, 1.82) is 0 Å². The van der Waals surface area contributed by atoms with Gasteiger partial charge in [0.1, 0.15) is 16.6 Å². The molecule has 512 valence electrons. The molecule has 0 spiro atoms. The second-order valence-corrected chi connectivity index (χ2v) is 20.0. The average molecular weight is 1360 g/mol. The molecule has 2 aliphatic rings. The number of halogens is 1. The number of hydrogen-bond donors (Lipinski definition) is 4. The van der Waals surface area contributed by atoms with Gasteiger partial charge in [0.25, 0.3) is 23.6 Å². The van der Waals surface area contributed by atoms with Crippen LogP contribution in [0.25, 0.3) is 16.6 Å². The van der Waals surface area contributed by atoms with Crippen molar-refractivity contribution >= 4 is 81.6 Å². The summed E-state index contributed by atoms with van der Waals surface area (Å²) in [6, 6.07) is 35.1. The molecule has 2 aromatic carbocycles. The number of amides is 4. The molecule has 29 nitrogen and oxygen atoms in total. The number of carbonyl (C=O) groups excluding carboxylic acids is 9. The van der Waals surface area contributed by atoms with Gasteiger partial charge in [0.15, 0.2) is 5.57 Å². The zero-order valence-corrected chi connectivity index (χ0v) is 54.0. The van der Waals surface area contributed by atoms with Gasteiger partial charge in [-0.2, -0.15) is 15.2 Å². The van der Waals surface area contributed by atoms with Gasteiger partial charge in [-0.15, -0.1) is 0 Å². The van der Waals surface area contributed by atoms with Crippen LogP contribution in [0.3, 0.4) is 0 Å². The number of carbonyl (C=O) groups is 9. The van der Waals surface area contributed by atoms with E-state index in [4.69, 9.17) is 47.0 Å². The molecule has 0 fully saturated rings. The number of hydrogen-bond acceptors (Lipinski definition) is 20. The fourth-order valence-corrected chi connectivity index (χ4v) is 9.08. The average Bonchev–Trinajstić information content (AvgIpc) is 1.62. The lowest BCUT2D eigenvalue weighted by atomic mass is 10.1. The zero-order chi connectivity index (χ0) is 70.1. The molecule has 6 N–H and O–H groups in total. The van der Waals surface area contributed by atoms with Gasteiger partial charge in [0.2, 0.25) is 5.43 Å². The van der Waals surface area contributed by atoms with E-state index in [0.717, 1.165) is 16.1 Å². The Morgan fingerprint density at radius 1 is 0.510 bits per heavy atom. The monoisotopic (exact) mass is 1360 g/mol. The molecule has 0 saturated heterocycles. The van der Waals surface area contributed by atoms with Crippen molar-refractivity contribution < 1.29 is 68.3 Å². The van der Waals surface area contributed by atoms with E-state index in [-0.39, 0.29) is 63.0 Å². The highest BCUT2D eigenvalue weighted by Crippen LogP contribution is 2.24. The number of nitrogens with one attached hydrogen (secondary N) is 2. The number of aromatic amines is 1. The number of nitrogens with zero attached hydrogens (tertiary/aromatic N) is 10. The predicted molar refractivity (Wildman–Crippen MR) is 363 cm³/mol. The van der Waals surface area contributed by atoms with Crippen LogP contribution in [-0.4, -0.2) is 134 Å². The molecule has 98 heavy (non-hydrogen) atoms. The summed E-state index contributed by atoms with van der Waals surface area (Å²) in [6.45, 7) is 11.8. The Morgan fingerprint density at radius 3 is 1.42 bits per heavy atom. The van der Waals surface area contributed by atoms with Crippen LogP contribution in [-0.2, 0) is 33.3 Å². The van der Waals surface area contributed by atoms with E-state index in [2.05, 4.69) is 20.7 Å². The Bertz CT molecular complexity index is 4470. The minimum absolute atomic E-state index is 0. The molecular weight excluding hydrogens is 1290 g/mol. The third-order valence-corrected chi connectivity index (χ3v) is 13.8. The summed E-state index contributed by atoms with van der Waals surface area (Å²) >= 11 is 6.05. The first-order valence-corrected chi connectivity index (χ1v) is 30.1. The summed E-state index contributed by atoms with van der Waals surface area (Å²) in [7, 11) is 0. The van der Waals surface area contributed by atoms with Crippen LogP contribution in [0.2, 0.25) is 5.02 Å². The maximum absolute atomic E-state index is 12.0. The highest BCUT2D eigenvalue weighted by molar-refractivity contribution is 6.36. The number of nitrogens with two attached hydrogens (primary N) is 2. The van der Waals surface area contributed by atoms with Crippen LogP contribution < -0.4 is 27.5 Å². The molecule has 0 aliphatic carbocycles. The zero-order valence-electron chi connectivity index (χ0n) is 53.2. The van der Waals surface area contributed by atoms with Gasteiger partial charge in [-0.05, 0) is 144 Å². The first kappa shape index (κ1) is 74.4. The van der Waals surface area contributed by atoms with Gasteiger partial charge in [-0.1, -0.05) is 43.3 Å². The third kappa shape index (κ3) is 18.4. The SMILES string of the molecule is C.CCOC(=O)C(=CNn1cccc1)C(=O)OCC.CCOC(=O)c1c[nH]n2cccc2c1=O.CCOC(=O)c1cnn2cccc2c1C.CCOC(=O)c1cnn2cccc2c1Cl.NN1C(=O)c2ccccc2C1=O.Nn1cccc1.O=C1c2ccccc2C(=O)N1n1cccc1.[2HH]. The number of H-pyrrole nitrogens is 1. The van der Waals surface area contributed by atoms with Crippen molar-refractivity contribution in [2.45, 2.75) is 49.0 Å². The van der Waals surface area contributed by atoms with Gasteiger partial charge in [-0.25, -0.2) is 43.9 Å². The van der Waals surface area contributed by atoms with E-state index >= 15 is 0 Å². The van der Waals surface area contributed by atoms with Gasteiger partial charge in [-0.3, -0.25) is 42.5 Å². The predicted octanol–water partition coefficient (Wildman–Crippen LogP) is 8.49. The van der Waals surface area contributed by atoms with Crippen molar-refractivity contribution in [2.24, 2.45) is 5.84 Å². The Morgan fingerprint density at radius 2 is 0.929 bits per heavy atom. The smallest absolute Gasteiger partial charge is 0.347 e. The standard InChI is InChI=1S/C12H16N2O4.C12H8N2O2.C11H12N2O2.C10H9ClN2O2.C10H10N2O3.C8H6N2O2.C4H6N2.CH4.H2/c1-3-17-11(15)10(12(16)18-4-2)9-13-14-7-5-6-8-14;15-11-9-5-1-2-6-10(9)12(16)14(11)13-7-3-4-8-13;1-3-15-11(14)9-7-12-13-6-4-5-10(13)8(9)2;1-2-15-10(14)7-6-12-13-5-3-4-8(13)9(7)11;1-2-15-10(14)7-6-11-12-5-3-4-8(12)9(7)13;9-10-7(11)5-3-1-2-4-6(5)8(10)12;5-6-3-1-2-4-6;;/h5-9,13H,3-4H2,1-2H3;1-8H;4-7H,3H2,1-2H3;3-6H,2H2,1H3;3-6,11H,2H2,1H3;1-4H,9H2;1-4H,5H2;1H4;1H/i;;;;;;;;1+1. The molecule has 0 bridgehead atoms. The van der Waals surface area contributed by atoms with Crippen molar-refractivity contribution in [3.05, 3.63) is 267 Å². The molecule has 11 heterocycles. The largest absolute Gasteiger partial charge is 0.462 e. The maximum Gasteiger partial charge on any atom is 0.347 e. The van der Waals surface area contributed by atoms with E-state index in [9.17, 15) is 47.9 Å². The Kier molecular flexibility index (Phi) is 27.4. The molecule has 30 heteroatoms. The third-order valence-electron chi connectivity index (χ3n) is 13.4. The summed E-state index contributed by atoms with van der Waals surface area (Å²) < 4.78 is 33.6.